The van der Waals surface area contributed by atoms with Gasteiger partial charge >= 0.3 is 0 Å². The zero-order chi connectivity index (χ0) is 21.9. The molecule has 0 saturated carbocycles. The number of hydrogen-bond donors (Lipinski definition) is 0. The molecule has 2 heterocycles. The van der Waals surface area contributed by atoms with Crippen molar-refractivity contribution < 1.29 is 13.6 Å². The van der Waals surface area contributed by atoms with Crippen LogP contribution in [0.2, 0.25) is 0 Å². The monoisotopic (exact) mass is 423 g/mol. The molecule has 0 fully saturated rings. The first-order chi connectivity index (χ1) is 15.7. The van der Waals surface area contributed by atoms with Crippen molar-refractivity contribution in [2.75, 3.05) is 0 Å². The number of aryl methyl sites for hydroxylation is 2. The molecule has 6 nitrogen and oxygen atoms in total. The van der Waals surface area contributed by atoms with Crippen LogP contribution in [-0.4, -0.2) is 15.2 Å². The molecule has 0 N–H and O–H groups in total. The number of para-hydroxylation sites is 1. The molecule has 5 rings (SSSR count). The molecule has 32 heavy (non-hydrogen) atoms. The van der Waals surface area contributed by atoms with Gasteiger partial charge in [-0.2, -0.15) is 0 Å². The Balaban J connectivity index is 1.38. The van der Waals surface area contributed by atoms with Crippen LogP contribution in [0.4, 0.5) is 0 Å². The van der Waals surface area contributed by atoms with Gasteiger partial charge in [0.05, 0.1) is 5.56 Å². The zero-order valence-electron chi connectivity index (χ0n) is 17.8. The normalized spacial score (nSPS) is 10.9. The van der Waals surface area contributed by atoms with Gasteiger partial charge in [0.1, 0.15) is 23.8 Å². The summed E-state index contributed by atoms with van der Waals surface area (Å²) in [5.74, 6) is 2.81. The second-order valence-electron chi connectivity index (χ2n) is 7.45. The third kappa shape index (κ3) is 4.03. The minimum absolute atomic E-state index is 0.262. The summed E-state index contributed by atoms with van der Waals surface area (Å²) in [6.07, 6.45) is 0. The van der Waals surface area contributed by atoms with Gasteiger partial charge in [-0.15, -0.1) is 10.2 Å². The van der Waals surface area contributed by atoms with Crippen molar-refractivity contribution in [2.24, 2.45) is 0 Å². The lowest BCUT2D eigenvalue weighted by atomic mass is 10.1. The third-order valence-electron chi connectivity index (χ3n) is 5.09. The van der Waals surface area contributed by atoms with Crippen LogP contribution in [0.3, 0.4) is 0 Å². The number of benzene rings is 3. The van der Waals surface area contributed by atoms with Crippen molar-refractivity contribution in [1.82, 2.24) is 15.2 Å². The maximum atomic E-state index is 6.10. The number of aromatic nitrogens is 3. The molecular formula is C26H21N3O3. The number of oxazole rings is 1. The van der Waals surface area contributed by atoms with Gasteiger partial charge in [-0.3, -0.25) is 0 Å². The van der Waals surface area contributed by atoms with Crippen LogP contribution in [0.25, 0.3) is 34.4 Å². The molecule has 0 unspecified atom stereocenters. The molecule has 0 aliphatic heterocycles. The van der Waals surface area contributed by atoms with Gasteiger partial charge in [0.2, 0.25) is 11.8 Å². The lowest BCUT2D eigenvalue weighted by molar-refractivity contribution is 0.300. The Morgan fingerprint density at radius 2 is 1.47 bits per heavy atom. The van der Waals surface area contributed by atoms with Gasteiger partial charge < -0.3 is 13.6 Å². The van der Waals surface area contributed by atoms with Crippen LogP contribution in [-0.2, 0) is 6.61 Å². The van der Waals surface area contributed by atoms with E-state index in [1.54, 1.807) is 0 Å². The maximum Gasteiger partial charge on any atom is 0.251 e. The van der Waals surface area contributed by atoms with E-state index in [0.717, 1.165) is 33.7 Å². The summed E-state index contributed by atoms with van der Waals surface area (Å²) in [7, 11) is 0. The predicted molar refractivity (Wildman–Crippen MR) is 121 cm³/mol. The highest BCUT2D eigenvalue weighted by atomic mass is 16.5. The Morgan fingerprint density at radius 3 is 2.31 bits per heavy atom. The Morgan fingerprint density at radius 1 is 0.719 bits per heavy atom. The molecule has 3 aromatic carbocycles. The fourth-order valence-electron chi connectivity index (χ4n) is 3.41. The van der Waals surface area contributed by atoms with Crippen LogP contribution in [0.5, 0.6) is 5.75 Å². The number of nitrogens with zero attached hydrogens (tertiary/aromatic N) is 3. The SMILES string of the molecule is Cc1cccc(-c2nc(COc3ccccc3-c3nnc(-c4ccccc4)o3)c(C)o2)c1. The van der Waals surface area contributed by atoms with E-state index in [4.69, 9.17) is 13.6 Å². The second kappa shape index (κ2) is 8.51. The van der Waals surface area contributed by atoms with Gasteiger partial charge in [0.25, 0.3) is 5.89 Å². The average molecular weight is 423 g/mol. The van der Waals surface area contributed by atoms with Crippen LogP contribution < -0.4 is 4.74 Å². The first kappa shape index (κ1) is 19.8. The van der Waals surface area contributed by atoms with Crippen LogP contribution in [0.1, 0.15) is 17.0 Å². The molecule has 0 atom stereocenters. The van der Waals surface area contributed by atoms with E-state index in [9.17, 15) is 0 Å². The van der Waals surface area contributed by atoms with Gasteiger partial charge in [0.15, 0.2) is 0 Å². The highest BCUT2D eigenvalue weighted by Crippen LogP contribution is 2.32. The lowest BCUT2D eigenvalue weighted by Gasteiger charge is -2.08. The smallest absolute Gasteiger partial charge is 0.251 e. The van der Waals surface area contributed by atoms with Crippen molar-refractivity contribution >= 4 is 0 Å². The topological polar surface area (TPSA) is 74.2 Å². The Labute approximate surface area is 185 Å². The van der Waals surface area contributed by atoms with Crippen molar-refractivity contribution in [3.8, 4) is 40.1 Å². The molecule has 0 aliphatic carbocycles. The van der Waals surface area contributed by atoms with E-state index < -0.39 is 0 Å². The highest BCUT2D eigenvalue weighted by Gasteiger charge is 2.17. The summed E-state index contributed by atoms with van der Waals surface area (Å²) < 4.78 is 17.9. The quantitative estimate of drug-likeness (QED) is 0.321. The minimum Gasteiger partial charge on any atom is -0.486 e. The van der Waals surface area contributed by atoms with Crippen molar-refractivity contribution in [2.45, 2.75) is 20.5 Å². The predicted octanol–water partition coefficient (Wildman–Crippen LogP) is 6.25. The second-order valence-corrected chi connectivity index (χ2v) is 7.45. The fourth-order valence-corrected chi connectivity index (χ4v) is 3.41. The third-order valence-corrected chi connectivity index (χ3v) is 5.09. The molecule has 6 heteroatoms. The first-order valence-electron chi connectivity index (χ1n) is 10.3. The summed E-state index contributed by atoms with van der Waals surface area (Å²) in [6, 6.07) is 25.3. The van der Waals surface area contributed by atoms with Crippen LogP contribution in [0, 0.1) is 13.8 Å². The van der Waals surface area contributed by atoms with Gasteiger partial charge in [0, 0.05) is 11.1 Å². The summed E-state index contributed by atoms with van der Waals surface area (Å²) in [5.41, 5.74) is 4.43. The summed E-state index contributed by atoms with van der Waals surface area (Å²) in [4.78, 5) is 4.64. The molecular weight excluding hydrogens is 402 g/mol. The Hall–Kier alpha value is -4.19. The zero-order valence-corrected chi connectivity index (χ0v) is 17.8. The van der Waals surface area contributed by atoms with E-state index in [2.05, 4.69) is 15.2 Å². The summed E-state index contributed by atoms with van der Waals surface area (Å²) in [6.45, 7) is 4.19. The number of rotatable bonds is 6. The molecule has 0 radical (unpaired) electrons. The maximum absolute atomic E-state index is 6.10. The molecule has 0 amide bonds. The first-order valence-corrected chi connectivity index (χ1v) is 10.3. The highest BCUT2D eigenvalue weighted by molar-refractivity contribution is 5.64. The number of hydrogen-bond acceptors (Lipinski definition) is 6. The van der Waals surface area contributed by atoms with Crippen molar-refractivity contribution in [3.63, 3.8) is 0 Å². The molecule has 0 spiro atoms. The lowest BCUT2D eigenvalue weighted by Crippen LogP contribution is -1.99. The molecule has 0 bridgehead atoms. The number of ether oxygens (including phenoxy) is 1. The summed E-state index contributed by atoms with van der Waals surface area (Å²) in [5, 5.41) is 8.40. The van der Waals surface area contributed by atoms with E-state index in [1.165, 1.54) is 0 Å². The largest absolute Gasteiger partial charge is 0.486 e. The Bertz CT molecular complexity index is 1360. The molecule has 158 valence electrons. The van der Waals surface area contributed by atoms with Crippen molar-refractivity contribution in [1.29, 1.82) is 0 Å². The van der Waals surface area contributed by atoms with E-state index in [0.29, 0.717) is 23.4 Å². The molecule has 0 saturated heterocycles. The van der Waals surface area contributed by atoms with Crippen molar-refractivity contribution in [3.05, 3.63) is 95.9 Å². The van der Waals surface area contributed by atoms with E-state index in [1.807, 2.05) is 92.7 Å². The average Bonchev–Trinajstić information content (AvgIpc) is 3.46. The molecule has 5 aromatic rings. The fraction of sp³-hybridized carbons (Fsp3) is 0.115. The standard InChI is InChI=1S/C26H21N3O3/c1-17-9-8-12-20(15-17)24-27-22(18(2)31-24)16-30-23-14-7-6-13-21(23)26-29-28-25(32-26)19-10-4-3-5-11-19/h3-15H,16H2,1-2H3. The van der Waals surface area contributed by atoms with Gasteiger partial charge in [-0.05, 0) is 50.2 Å². The minimum atomic E-state index is 0.262. The van der Waals surface area contributed by atoms with Gasteiger partial charge in [-0.1, -0.05) is 48.0 Å². The molecule has 2 aromatic heterocycles. The van der Waals surface area contributed by atoms with Crippen LogP contribution >= 0.6 is 0 Å². The van der Waals surface area contributed by atoms with E-state index in [-0.39, 0.29) is 6.61 Å². The van der Waals surface area contributed by atoms with Gasteiger partial charge in [-0.25, -0.2) is 4.98 Å². The molecule has 0 aliphatic rings. The Kier molecular flexibility index (Phi) is 5.25. The van der Waals surface area contributed by atoms with E-state index >= 15 is 0 Å². The van der Waals surface area contributed by atoms with Crippen LogP contribution in [0.15, 0.2) is 87.7 Å². The summed E-state index contributed by atoms with van der Waals surface area (Å²) >= 11 is 0.